The lowest BCUT2D eigenvalue weighted by Crippen LogP contribution is -2.58. The van der Waals surface area contributed by atoms with Crippen LogP contribution < -0.4 is 0 Å². The maximum atomic E-state index is 12.9. The summed E-state index contributed by atoms with van der Waals surface area (Å²) in [6.45, 7) is 4.88. The lowest BCUT2D eigenvalue weighted by molar-refractivity contribution is -0.281. The Morgan fingerprint density at radius 3 is 2.35 bits per heavy atom. The molecule has 3 aliphatic rings. The van der Waals surface area contributed by atoms with Gasteiger partial charge < -0.3 is 14.4 Å². The molecule has 0 N–H and O–H groups in total. The first-order valence-electron chi connectivity index (χ1n) is 8.21. The van der Waals surface area contributed by atoms with Crippen LogP contribution in [0.2, 0.25) is 0 Å². The Hall–Kier alpha value is -0.610. The third kappa shape index (κ3) is 2.73. The fourth-order valence-corrected chi connectivity index (χ4v) is 3.92. The van der Waals surface area contributed by atoms with E-state index in [1.807, 2.05) is 4.90 Å². The Bertz CT molecular complexity index is 351. The van der Waals surface area contributed by atoms with E-state index in [-0.39, 0.29) is 5.41 Å². The maximum Gasteiger partial charge on any atom is 0.228 e. The zero-order valence-corrected chi connectivity index (χ0v) is 12.7. The van der Waals surface area contributed by atoms with E-state index < -0.39 is 5.79 Å². The van der Waals surface area contributed by atoms with Crippen LogP contribution in [0.25, 0.3) is 0 Å². The molecular formula is C16H27NO3. The highest BCUT2D eigenvalue weighted by Gasteiger charge is 2.45. The summed E-state index contributed by atoms with van der Waals surface area (Å²) >= 11 is 0. The summed E-state index contributed by atoms with van der Waals surface area (Å²) in [5, 5.41) is 0. The summed E-state index contributed by atoms with van der Waals surface area (Å²) < 4.78 is 11.8. The van der Waals surface area contributed by atoms with E-state index in [0.717, 1.165) is 45.3 Å². The van der Waals surface area contributed by atoms with Crippen LogP contribution in [0.4, 0.5) is 0 Å². The van der Waals surface area contributed by atoms with E-state index in [1.54, 1.807) is 0 Å². The van der Waals surface area contributed by atoms with Gasteiger partial charge in [-0.3, -0.25) is 4.79 Å². The van der Waals surface area contributed by atoms with Crippen molar-refractivity contribution in [2.75, 3.05) is 26.3 Å². The molecule has 20 heavy (non-hydrogen) atoms. The first-order valence-corrected chi connectivity index (χ1v) is 8.21. The standard InChI is InChI=1S/C16H27NO3/c1-15(7-3-2-4-8-15)14(18)17-10-12-20-16(13-17)9-5-6-11-19-16/h2-13H2,1H3. The third-order valence-electron chi connectivity index (χ3n) is 5.24. The van der Waals surface area contributed by atoms with Crippen LogP contribution in [-0.4, -0.2) is 42.9 Å². The number of amides is 1. The summed E-state index contributed by atoms with van der Waals surface area (Å²) in [5.41, 5.74) is -0.147. The van der Waals surface area contributed by atoms with Gasteiger partial charge in [0.1, 0.15) is 0 Å². The number of ether oxygens (including phenoxy) is 2. The predicted molar refractivity (Wildman–Crippen MR) is 76.3 cm³/mol. The Kier molecular flexibility index (Phi) is 4.04. The minimum atomic E-state index is -0.503. The quantitative estimate of drug-likeness (QED) is 0.742. The van der Waals surface area contributed by atoms with Gasteiger partial charge >= 0.3 is 0 Å². The van der Waals surface area contributed by atoms with Gasteiger partial charge in [-0.15, -0.1) is 0 Å². The van der Waals surface area contributed by atoms with Crippen molar-refractivity contribution in [1.29, 1.82) is 0 Å². The first-order chi connectivity index (χ1) is 9.64. The molecule has 1 amide bonds. The summed E-state index contributed by atoms with van der Waals surface area (Å²) in [6.07, 6.45) is 8.90. The Balaban J connectivity index is 1.68. The monoisotopic (exact) mass is 281 g/mol. The van der Waals surface area contributed by atoms with Gasteiger partial charge in [0.05, 0.1) is 19.8 Å². The minimum Gasteiger partial charge on any atom is -0.348 e. The smallest absolute Gasteiger partial charge is 0.228 e. The zero-order chi connectivity index (χ0) is 14.1. The van der Waals surface area contributed by atoms with Crippen LogP contribution in [-0.2, 0) is 14.3 Å². The highest BCUT2D eigenvalue weighted by atomic mass is 16.7. The van der Waals surface area contributed by atoms with Crippen molar-refractivity contribution in [3.8, 4) is 0 Å². The summed E-state index contributed by atoms with van der Waals surface area (Å²) in [7, 11) is 0. The Morgan fingerprint density at radius 2 is 1.65 bits per heavy atom. The van der Waals surface area contributed by atoms with E-state index in [0.29, 0.717) is 19.1 Å². The van der Waals surface area contributed by atoms with Crippen LogP contribution in [0.5, 0.6) is 0 Å². The van der Waals surface area contributed by atoms with Crippen LogP contribution in [0.15, 0.2) is 0 Å². The fourth-order valence-electron chi connectivity index (χ4n) is 3.92. The van der Waals surface area contributed by atoms with Gasteiger partial charge in [0, 0.05) is 18.4 Å². The lowest BCUT2D eigenvalue weighted by atomic mass is 9.74. The lowest BCUT2D eigenvalue weighted by Gasteiger charge is -2.47. The number of carbonyl (C=O) groups excluding carboxylic acids is 1. The Labute approximate surface area is 121 Å². The van der Waals surface area contributed by atoms with Crippen LogP contribution >= 0.6 is 0 Å². The molecule has 114 valence electrons. The first kappa shape index (κ1) is 14.3. The number of hydrogen-bond donors (Lipinski definition) is 0. The van der Waals surface area contributed by atoms with Gasteiger partial charge in [-0.05, 0) is 25.7 Å². The molecule has 2 heterocycles. The van der Waals surface area contributed by atoms with E-state index >= 15 is 0 Å². The average Bonchev–Trinajstić information content (AvgIpc) is 2.48. The van der Waals surface area contributed by atoms with Crippen molar-refractivity contribution in [1.82, 2.24) is 4.90 Å². The van der Waals surface area contributed by atoms with E-state index in [9.17, 15) is 4.79 Å². The average molecular weight is 281 g/mol. The molecule has 2 saturated heterocycles. The van der Waals surface area contributed by atoms with Crippen molar-refractivity contribution in [2.24, 2.45) is 5.41 Å². The van der Waals surface area contributed by atoms with Crippen LogP contribution in [0.3, 0.4) is 0 Å². The molecule has 1 atom stereocenters. The van der Waals surface area contributed by atoms with Gasteiger partial charge in [-0.2, -0.15) is 0 Å². The highest BCUT2D eigenvalue weighted by molar-refractivity contribution is 5.82. The number of carbonyl (C=O) groups is 1. The number of rotatable bonds is 1. The fraction of sp³-hybridized carbons (Fsp3) is 0.938. The van der Waals surface area contributed by atoms with E-state index in [1.165, 1.54) is 19.3 Å². The molecule has 2 aliphatic heterocycles. The SMILES string of the molecule is CC1(C(=O)N2CCOC3(CCCCO3)C2)CCCCC1. The number of hydrogen-bond acceptors (Lipinski definition) is 3. The van der Waals surface area contributed by atoms with Gasteiger partial charge in [0.2, 0.25) is 5.91 Å². The number of morpholine rings is 1. The topological polar surface area (TPSA) is 38.8 Å². The van der Waals surface area contributed by atoms with Crippen LogP contribution in [0, 0.1) is 5.41 Å². The highest BCUT2D eigenvalue weighted by Crippen LogP contribution is 2.39. The maximum absolute atomic E-state index is 12.9. The molecular weight excluding hydrogens is 254 g/mol. The van der Waals surface area contributed by atoms with Gasteiger partial charge in [0.25, 0.3) is 0 Å². The third-order valence-corrected chi connectivity index (χ3v) is 5.24. The van der Waals surface area contributed by atoms with E-state index in [2.05, 4.69) is 6.92 Å². The second-order valence-electron chi connectivity index (χ2n) is 6.91. The summed E-state index contributed by atoms with van der Waals surface area (Å²) in [4.78, 5) is 14.9. The normalized spacial score (nSPS) is 34.1. The minimum absolute atomic E-state index is 0.147. The molecule has 0 aromatic rings. The van der Waals surface area contributed by atoms with Crippen LogP contribution in [0.1, 0.15) is 58.3 Å². The van der Waals surface area contributed by atoms with Crippen molar-refractivity contribution < 1.29 is 14.3 Å². The molecule has 1 aliphatic carbocycles. The van der Waals surface area contributed by atoms with Gasteiger partial charge in [-0.1, -0.05) is 26.2 Å². The molecule has 0 aromatic heterocycles. The Morgan fingerprint density at radius 1 is 0.950 bits per heavy atom. The predicted octanol–water partition coefficient (Wildman–Crippen LogP) is 2.71. The molecule has 3 fully saturated rings. The summed E-state index contributed by atoms with van der Waals surface area (Å²) in [5.74, 6) is -0.175. The molecule has 3 rings (SSSR count). The molecule has 0 bridgehead atoms. The van der Waals surface area contributed by atoms with Crippen molar-refractivity contribution in [3.05, 3.63) is 0 Å². The van der Waals surface area contributed by atoms with Gasteiger partial charge in [0.15, 0.2) is 5.79 Å². The molecule has 0 radical (unpaired) electrons. The molecule has 4 heteroatoms. The van der Waals surface area contributed by atoms with E-state index in [4.69, 9.17) is 9.47 Å². The summed E-state index contributed by atoms with van der Waals surface area (Å²) in [6, 6.07) is 0. The molecule has 0 aromatic carbocycles. The molecule has 1 spiro atoms. The molecule has 4 nitrogen and oxygen atoms in total. The zero-order valence-electron chi connectivity index (χ0n) is 12.7. The number of nitrogens with zero attached hydrogens (tertiary/aromatic N) is 1. The molecule has 1 saturated carbocycles. The van der Waals surface area contributed by atoms with Gasteiger partial charge in [-0.25, -0.2) is 0 Å². The second kappa shape index (κ2) is 5.64. The van der Waals surface area contributed by atoms with Crippen molar-refractivity contribution in [3.63, 3.8) is 0 Å². The molecule has 1 unspecified atom stereocenters. The van der Waals surface area contributed by atoms with Crippen molar-refractivity contribution in [2.45, 2.75) is 64.1 Å². The second-order valence-corrected chi connectivity index (χ2v) is 6.91. The van der Waals surface area contributed by atoms with Crippen molar-refractivity contribution >= 4 is 5.91 Å². The largest absolute Gasteiger partial charge is 0.348 e.